The lowest BCUT2D eigenvalue weighted by Gasteiger charge is -2.23. The maximum absolute atomic E-state index is 13.6. The fourth-order valence-electron chi connectivity index (χ4n) is 4.98. The Morgan fingerprint density at radius 2 is 1.62 bits per heavy atom. The highest BCUT2D eigenvalue weighted by Crippen LogP contribution is 2.38. The Labute approximate surface area is 204 Å². The lowest BCUT2D eigenvalue weighted by Crippen LogP contribution is -2.40. The van der Waals surface area contributed by atoms with E-state index >= 15 is 0 Å². The predicted molar refractivity (Wildman–Crippen MR) is 139 cm³/mol. The minimum atomic E-state index is -0.537. The highest BCUT2D eigenvalue weighted by molar-refractivity contribution is 7.98. The number of anilines is 3. The van der Waals surface area contributed by atoms with E-state index in [1.54, 1.807) is 24.3 Å². The Balaban J connectivity index is 1.36. The van der Waals surface area contributed by atoms with Crippen molar-refractivity contribution in [3.8, 4) is 0 Å². The molecular weight excluding hydrogens is 444 g/mol. The summed E-state index contributed by atoms with van der Waals surface area (Å²) in [5.41, 5.74) is 14.4. The number of nitrogens with one attached hydrogen (secondary N) is 2. The first-order valence-corrected chi connectivity index (χ1v) is 12.6. The number of hydrogen-bond donors (Lipinski definition) is 4. The third-order valence-electron chi connectivity index (χ3n) is 6.72. The first-order valence-electron chi connectivity index (χ1n) is 11.9. The Bertz CT molecular complexity index is 1140. The van der Waals surface area contributed by atoms with Gasteiger partial charge in [0.25, 0.3) is 0 Å². The van der Waals surface area contributed by atoms with Gasteiger partial charge in [-0.3, -0.25) is 10.0 Å². The average Bonchev–Trinajstić information content (AvgIpc) is 3.52. The molecule has 2 aliphatic carbocycles. The van der Waals surface area contributed by atoms with Gasteiger partial charge in [0.2, 0.25) is 5.91 Å². The molecule has 176 valence electrons. The molecule has 0 bridgehead atoms. The van der Waals surface area contributed by atoms with E-state index in [2.05, 4.69) is 16.1 Å². The minimum absolute atomic E-state index is 0.0866. The summed E-state index contributed by atoms with van der Waals surface area (Å²) in [7, 11) is 0. The molecule has 1 amide bonds. The van der Waals surface area contributed by atoms with E-state index in [0.717, 1.165) is 66.4 Å². The molecule has 2 aliphatic rings. The van der Waals surface area contributed by atoms with Crippen LogP contribution in [-0.4, -0.2) is 17.2 Å². The number of amides is 1. The van der Waals surface area contributed by atoms with E-state index in [9.17, 15) is 10.0 Å². The number of fused-ring (bicyclic) bond motifs is 2. The van der Waals surface area contributed by atoms with Crippen LogP contribution in [0.4, 0.5) is 17.1 Å². The molecule has 6 nitrogen and oxygen atoms in total. The number of benzene rings is 3. The van der Waals surface area contributed by atoms with Gasteiger partial charge in [-0.25, -0.2) is 4.72 Å². The van der Waals surface area contributed by atoms with Crippen LogP contribution < -0.4 is 20.2 Å². The van der Waals surface area contributed by atoms with Gasteiger partial charge in [0.15, 0.2) is 0 Å². The van der Waals surface area contributed by atoms with Crippen LogP contribution in [0.5, 0.6) is 0 Å². The number of hydrogen-bond acceptors (Lipinski definition) is 6. The Kier molecular flexibility index (Phi) is 6.76. The number of nitrogens with zero attached hydrogens (tertiary/aromatic N) is 1. The average molecular weight is 475 g/mol. The molecule has 0 saturated carbocycles. The topological polar surface area (TPSA) is 90.6 Å². The van der Waals surface area contributed by atoms with Crippen LogP contribution in [0.15, 0.2) is 60.7 Å². The van der Waals surface area contributed by atoms with Gasteiger partial charge < -0.3 is 11.1 Å². The molecule has 3 aromatic carbocycles. The van der Waals surface area contributed by atoms with Crippen LogP contribution >= 0.6 is 12.1 Å². The summed E-state index contributed by atoms with van der Waals surface area (Å²) in [6, 6.07) is 18.7. The van der Waals surface area contributed by atoms with Crippen molar-refractivity contribution in [1.29, 1.82) is 0 Å². The Hall–Kier alpha value is -3.00. The zero-order valence-corrected chi connectivity index (χ0v) is 19.9. The van der Waals surface area contributed by atoms with E-state index in [-0.39, 0.29) is 5.91 Å². The van der Waals surface area contributed by atoms with Gasteiger partial charge in [0, 0.05) is 11.4 Å². The molecule has 1 unspecified atom stereocenters. The molecule has 0 radical (unpaired) electrons. The quantitative estimate of drug-likeness (QED) is 0.212. The van der Waals surface area contributed by atoms with Gasteiger partial charge in [-0.15, -0.1) is 0 Å². The van der Waals surface area contributed by atoms with Crippen LogP contribution in [-0.2, 0) is 36.9 Å². The lowest BCUT2D eigenvalue weighted by molar-refractivity contribution is -0.117. The zero-order chi connectivity index (χ0) is 23.5. The summed E-state index contributed by atoms with van der Waals surface area (Å²) in [5.74, 6) is -0.0866. The third-order valence-corrected chi connectivity index (χ3v) is 7.49. The molecular formula is C27H30N4O2S. The molecule has 5 rings (SSSR count). The number of aryl methyl sites for hydroxylation is 2. The predicted octanol–water partition coefficient (Wildman–Crippen LogP) is 4.84. The SMILES string of the molecule is Nc1ccc(N(O)SNC(Cc2ccccc2)C(=O)Nc2c3c(cc4c2CCC4)CCC3)cc1. The number of carbonyl (C=O) groups is 1. The van der Waals surface area contributed by atoms with Crippen LogP contribution in [0, 0.1) is 0 Å². The smallest absolute Gasteiger partial charge is 0.242 e. The fourth-order valence-corrected chi connectivity index (χ4v) is 5.63. The Morgan fingerprint density at radius 3 is 2.26 bits per heavy atom. The molecule has 1 atom stereocenters. The molecule has 0 saturated heterocycles. The largest absolute Gasteiger partial charge is 0.399 e. The van der Waals surface area contributed by atoms with E-state index < -0.39 is 6.04 Å². The van der Waals surface area contributed by atoms with Crippen molar-refractivity contribution in [2.45, 2.75) is 51.0 Å². The first-order chi connectivity index (χ1) is 16.6. The molecule has 0 spiro atoms. The maximum atomic E-state index is 13.6. The normalized spacial score (nSPS) is 15.0. The highest BCUT2D eigenvalue weighted by Gasteiger charge is 2.27. The van der Waals surface area contributed by atoms with Crippen molar-refractivity contribution in [3.63, 3.8) is 0 Å². The van der Waals surface area contributed by atoms with E-state index in [1.165, 1.54) is 22.3 Å². The fraction of sp³-hybridized carbons (Fsp3) is 0.296. The van der Waals surface area contributed by atoms with Gasteiger partial charge in [0.1, 0.15) is 6.04 Å². The number of nitrogens with two attached hydrogens (primary N) is 1. The number of carbonyl (C=O) groups excluding carboxylic acids is 1. The van der Waals surface area contributed by atoms with Gasteiger partial charge in [-0.05, 0) is 97.0 Å². The van der Waals surface area contributed by atoms with Crippen molar-refractivity contribution in [2.75, 3.05) is 15.5 Å². The van der Waals surface area contributed by atoms with Gasteiger partial charge in [0.05, 0.1) is 17.8 Å². The molecule has 5 N–H and O–H groups in total. The third kappa shape index (κ3) is 4.92. The highest BCUT2D eigenvalue weighted by atomic mass is 32.2. The molecule has 0 heterocycles. The monoisotopic (exact) mass is 474 g/mol. The van der Waals surface area contributed by atoms with E-state index in [1.807, 2.05) is 30.3 Å². The second-order valence-corrected chi connectivity index (χ2v) is 9.80. The number of rotatable bonds is 8. The summed E-state index contributed by atoms with van der Waals surface area (Å²) in [4.78, 5) is 13.6. The summed E-state index contributed by atoms with van der Waals surface area (Å²) in [5, 5.41) is 13.8. The second-order valence-electron chi connectivity index (χ2n) is 9.04. The summed E-state index contributed by atoms with van der Waals surface area (Å²) in [6.07, 6.45) is 7.01. The summed E-state index contributed by atoms with van der Waals surface area (Å²) < 4.78 is 4.20. The molecule has 0 aliphatic heterocycles. The molecule has 0 aromatic heterocycles. The van der Waals surface area contributed by atoms with Crippen molar-refractivity contribution in [1.82, 2.24) is 4.72 Å². The molecule has 7 heteroatoms. The van der Waals surface area contributed by atoms with Crippen LogP contribution in [0.3, 0.4) is 0 Å². The molecule has 3 aromatic rings. The maximum Gasteiger partial charge on any atom is 0.242 e. The number of nitrogen functional groups attached to an aromatic ring is 1. The van der Waals surface area contributed by atoms with E-state index in [0.29, 0.717) is 17.8 Å². The van der Waals surface area contributed by atoms with Gasteiger partial charge >= 0.3 is 0 Å². The summed E-state index contributed by atoms with van der Waals surface area (Å²) >= 11 is 0.990. The zero-order valence-electron chi connectivity index (χ0n) is 19.1. The minimum Gasteiger partial charge on any atom is -0.399 e. The van der Waals surface area contributed by atoms with Crippen LogP contribution in [0.2, 0.25) is 0 Å². The van der Waals surface area contributed by atoms with Crippen molar-refractivity contribution in [2.24, 2.45) is 0 Å². The second kappa shape index (κ2) is 10.1. The Morgan fingerprint density at radius 1 is 0.971 bits per heavy atom. The van der Waals surface area contributed by atoms with Crippen LogP contribution in [0.25, 0.3) is 0 Å². The first kappa shape index (κ1) is 22.8. The van der Waals surface area contributed by atoms with Crippen LogP contribution in [0.1, 0.15) is 40.7 Å². The lowest BCUT2D eigenvalue weighted by atomic mass is 9.98. The summed E-state index contributed by atoms with van der Waals surface area (Å²) in [6.45, 7) is 0. The van der Waals surface area contributed by atoms with Crippen molar-refractivity contribution in [3.05, 3.63) is 88.5 Å². The molecule has 0 fully saturated rings. The van der Waals surface area contributed by atoms with Gasteiger partial charge in [-0.1, -0.05) is 36.4 Å². The van der Waals surface area contributed by atoms with Crippen molar-refractivity contribution >= 4 is 35.1 Å². The standard InChI is InChI=1S/C27H30N4O2S/c28-21-12-14-22(15-13-21)31(33)34-30-25(16-18-6-2-1-3-7-18)27(32)29-26-23-10-4-8-19(23)17-20-9-5-11-24(20)26/h1-3,6-7,12-15,17,25,30,33H,4-5,8-11,16,28H2,(H,29,32). The molecule has 34 heavy (non-hydrogen) atoms. The van der Waals surface area contributed by atoms with Crippen molar-refractivity contribution < 1.29 is 10.0 Å². The van der Waals surface area contributed by atoms with Gasteiger partial charge in [-0.2, -0.15) is 4.47 Å². The van der Waals surface area contributed by atoms with E-state index in [4.69, 9.17) is 5.73 Å².